The van der Waals surface area contributed by atoms with Crippen LogP contribution in [-0.2, 0) is 16.8 Å². The maximum atomic E-state index is 12.2. The van der Waals surface area contributed by atoms with Gasteiger partial charge in [0.05, 0.1) is 18.8 Å². The van der Waals surface area contributed by atoms with Gasteiger partial charge in [-0.05, 0) is 37.1 Å². The highest BCUT2D eigenvalue weighted by Gasteiger charge is 2.51. The highest BCUT2D eigenvalue weighted by atomic mass is 16.3. The topological polar surface area (TPSA) is 36.7 Å². The van der Waals surface area contributed by atoms with Gasteiger partial charge in [-0.15, -0.1) is 0 Å². The molecule has 0 aliphatic carbocycles. The monoisotopic (exact) mass is 324 g/mol. The van der Waals surface area contributed by atoms with Crippen molar-refractivity contribution in [2.75, 3.05) is 19.6 Å². The van der Waals surface area contributed by atoms with E-state index in [0.29, 0.717) is 0 Å². The summed E-state index contributed by atoms with van der Waals surface area (Å²) in [5.41, 5.74) is 1.49. The molecule has 2 saturated heterocycles. The predicted octanol–water partition coefficient (Wildman–Crippen LogP) is 3.04. The second kappa shape index (κ2) is 6.10. The fourth-order valence-electron chi connectivity index (χ4n) is 4.59. The van der Waals surface area contributed by atoms with Gasteiger partial charge in [-0.1, -0.05) is 30.3 Å². The van der Waals surface area contributed by atoms with Crippen LogP contribution in [0.25, 0.3) is 0 Å². The Morgan fingerprint density at radius 2 is 1.96 bits per heavy atom. The summed E-state index contributed by atoms with van der Waals surface area (Å²) < 4.78 is 5.51. The second-order valence-electron chi connectivity index (χ2n) is 7.06. The number of benzene rings is 1. The highest BCUT2D eigenvalue weighted by Crippen LogP contribution is 2.46. The lowest BCUT2D eigenvalue weighted by molar-refractivity contribution is -0.131. The molecule has 2 fully saturated rings. The summed E-state index contributed by atoms with van der Waals surface area (Å²) in [7, 11) is 0. The number of hydrogen-bond acceptors (Lipinski definition) is 3. The Labute approximate surface area is 143 Å². The van der Waals surface area contributed by atoms with Crippen LogP contribution in [0.4, 0.5) is 0 Å². The van der Waals surface area contributed by atoms with Gasteiger partial charge in [0.25, 0.3) is 0 Å². The first-order valence-electron chi connectivity index (χ1n) is 8.76. The SMILES string of the molecule is CC(=O)N1CC[C@@]2(c3ccccc3)CCN(Cc3ccco3)C[C@@H]12. The number of rotatable bonds is 3. The van der Waals surface area contributed by atoms with E-state index in [9.17, 15) is 4.79 Å². The lowest BCUT2D eigenvalue weighted by Gasteiger charge is -2.46. The van der Waals surface area contributed by atoms with Crippen molar-refractivity contribution in [3.63, 3.8) is 0 Å². The van der Waals surface area contributed by atoms with Crippen molar-refractivity contribution in [3.05, 3.63) is 60.1 Å². The van der Waals surface area contributed by atoms with Crippen molar-refractivity contribution in [3.8, 4) is 0 Å². The molecule has 24 heavy (non-hydrogen) atoms. The van der Waals surface area contributed by atoms with E-state index in [0.717, 1.165) is 44.8 Å². The largest absolute Gasteiger partial charge is 0.468 e. The fourth-order valence-corrected chi connectivity index (χ4v) is 4.59. The molecule has 0 saturated carbocycles. The molecule has 126 valence electrons. The number of carbonyl (C=O) groups is 1. The zero-order valence-electron chi connectivity index (χ0n) is 14.1. The number of nitrogens with zero attached hydrogens (tertiary/aromatic N) is 2. The van der Waals surface area contributed by atoms with E-state index in [1.165, 1.54) is 5.56 Å². The Balaban J connectivity index is 1.62. The molecule has 0 unspecified atom stereocenters. The molecule has 2 atom stereocenters. The number of carbonyl (C=O) groups excluding carboxylic acids is 1. The molecule has 4 rings (SSSR count). The van der Waals surface area contributed by atoms with Crippen LogP contribution in [0.5, 0.6) is 0 Å². The third kappa shape index (κ3) is 2.55. The van der Waals surface area contributed by atoms with Crippen molar-refractivity contribution >= 4 is 5.91 Å². The number of piperidine rings is 1. The molecule has 4 heteroatoms. The number of fused-ring (bicyclic) bond motifs is 1. The molecule has 2 aromatic rings. The Morgan fingerprint density at radius 1 is 1.17 bits per heavy atom. The standard InChI is InChI=1S/C20H24N2O2/c1-16(23)22-12-10-20(17-6-3-2-4-7-17)9-11-21(15-19(20)22)14-18-8-5-13-24-18/h2-8,13,19H,9-12,14-15H2,1H3/t19-,20-/m1/s1. The van der Waals surface area contributed by atoms with Crippen molar-refractivity contribution in [1.82, 2.24) is 9.80 Å². The summed E-state index contributed by atoms with van der Waals surface area (Å²) in [4.78, 5) is 16.7. The smallest absolute Gasteiger partial charge is 0.219 e. The van der Waals surface area contributed by atoms with Gasteiger partial charge in [0.2, 0.25) is 5.91 Å². The molecule has 0 spiro atoms. The molecule has 0 N–H and O–H groups in total. The molecule has 2 aliphatic heterocycles. The minimum atomic E-state index is 0.104. The van der Waals surface area contributed by atoms with Crippen molar-refractivity contribution in [2.24, 2.45) is 0 Å². The van der Waals surface area contributed by atoms with Crippen LogP contribution in [0.15, 0.2) is 53.1 Å². The minimum Gasteiger partial charge on any atom is -0.468 e. The Kier molecular flexibility index (Phi) is 3.93. The van der Waals surface area contributed by atoms with E-state index in [2.05, 4.69) is 40.1 Å². The summed E-state index contributed by atoms with van der Waals surface area (Å²) in [6.45, 7) is 5.34. The van der Waals surface area contributed by atoms with E-state index in [-0.39, 0.29) is 17.4 Å². The average molecular weight is 324 g/mol. The Morgan fingerprint density at radius 3 is 2.67 bits per heavy atom. The molecule has 3 heterocycles. The summed E-state index contributed by atoms with van der Waals surface area (Å²) in [5, 5.41) is 0. The quantitative estimate of drug-likeness (QED) is 0.871. The molecule has 0 bridgehead atoms. The van der Waals surface area contributed by atoms with Crippen LogP contribution in [0.3, 0.4) is 0 Å². The third-order valence-corrected chi connectivity index (χ3v) is 5.83. The molecule has 1 aromatic heterocycles. The van der Waals surface area contributed by atoms with Crippen molar-refractivity contribution in [2.45, 2.75) is 37.8 Å². The first-order valence-corrected chi connectivity index (χ1v) is 8.76. The van der Waals surface area contributed by atoms with E-state index in [1.54, 1.807) is 13.2 Å². The molecular weight excluding hydrogens is 300 g/mol. The van der Waals surface area contributed by atoms with Gasteiger partial charge in [0, 0.05) is 25.4 Å². The van der Waals surface area contributed by atoms with Crippen molar-refractivity contribution in [1.29, 1.82) is 0 Å². The number of hydrogen-bond donors (Lipinski definition) is 0. The summed E-state index contributed by atoms with van der Waals surface area (Å²) in [6, 6.07) is 15.0. The minimum absolute atomic E-state index is 0.104. The van der Waals surface area contributed by atoms with Gasteiger partial charge in [0.1, 0.15) is 5.76 Å². The number of amides is 1. The molecule has 0 radical (unpaired) electrons. The van der Waals surface area contributed by atoms with Gasteiger partial charge in [-0.3, -0.25) is 9.69 Å². The van der Waals surface area contributed by atoms with E-state index < -0.39 is 0 Å². The molecular formula is C20H24N2O2. The molecule has 1 aromatic carbocycles. The zero-order valence-corrected chi connectivity index (χ0v) is 14.1. The lowest BCUT2D eigenvalue weighted by Crippen LogP contribution is -2.56. The lowest BCUT2D eigenvalue weighted by atomic mass is 9.69. The van der Waals surface area contributed by atoms with Gasteiger partial charge in [-0.25, -0.2) is 0 Å². The van der Waals surface area contributed by atoms with E-state index in [4.69, 9.17) is 4.42 Å². The third-order valence-electron chi connectivity index (χ3n) is 5.83. The zero-order chi connectivity index (χ0) is 16.6. The van der Waals surface area contributed by atoms with Crippen LogP contribution in [0, 0.1) is 0 Å². The van der Waals surface area contributed by atoms with Crippen molar-refractivity contribution < 1.29 is 9.21 Å². The predicted molar refractivity (Wildman–Crippen MR) is 92.5 cm³/mol. The Hall–Kier alpha value is -2.07. The first kappa shape index (κ1) is 15.5. The van der Waals surface area contributed by atoms with Crippen LogP contribution in [0.2, 0.25) is 0 Å². The summed E-state index contributed by atoms with van der Waals surface area (Å²) >= 11 is 0. The van der Waals surface area contributed by atoms with Gasteiger partial charge in [0.15, 0.2) is 0 Å². The number of furan rings is 1. The molecule has 4 nitrogen and oxygen atoms in total. The van der Waals surface area contributed by atoms with Crippen LogP contribution in [0.1, 0.15) is 31.1 Å². The van der Waals surface area contributed by atoms with E-state index >= 15 is 0 Å². The van der Waals surface area contributed by atoms with Crippen LogP contribution < -0.4 is 0 Å². The molecule has 1 amide bonds. The average Bonchev–Trinajstić information content (AvgIpc) is 3.23. The van der Waals surface area contributed by atoms with E-state index in [1.807, 2.05) is 12.1 Å². The maximum absolute atomic E-state index is 12.2. The summed E-state index contributed by atoms with van der Waals surface area (Å²) in [6.07, 6.45) is 3.88. The summed E-state index contributed by atoms with van der Waals surface area (Å²) in [5.74, 6) is 1.19. The fraction of sp³-hybridized carbons (Fsp3) is 0.450. The van der Waals surface area contributed by atoms with Crippen LogP contribution >= 0.6 is 0 Å². The maximum Gasteiger partial charge on any atom is 0.219 e. The van der Waals surface area contributed by atoms with Gasteiger partial charge >= 0.3 is 0 Å². The highest BCUT2D eigenvalue weighted by molar-refractivity contribution is 5.74. The second-order valence-corrected chi connectivity index (χ2v) is 7.06. The molecule has 2 aliphatic rings. The number of likely N-dealkylation sites (tertiary alicyclic amines) is 2. The first-order chi connectivity index (χ1) is 11.7. The Bertz CT molecular complexity index is 698. The normalized spacial score (nSPS) is 27.2. The van der Waals surface area contributed by atoms with Gasteiger partial charge < -0.3 is 9.32 Å². The van der Waals surface area contributed by atoms with Gasteiger partial charge in [-0.2, -0.15) is 0 Å². The van der Waals surface area contributed by atoms with Crippen LogP contribution in [-0.4, -0.2) is 41.4 Å².